The number of carbonyl (C=O) groups is 2. The summed E-state index contributed by atoms with van der Waals surface area (Å²) in [7, 11) is -2.50. The van der Waals surface area contributed by atoms with Crippen LogP contribution in [0, 0.1) is 17.0 Å². The van der Waals surface area contributed by atoms with Gasteiger partial charge in [-0.05, 0) is 44.0 Å². The van der Waals surface area contributed by atoms with Crippen LogP contribution in [-0.2, 0) is 14.8 Å². The maximum atomic E-state index is 12.4. The highest BCUT2D eigenvalue weighted by Gasteiger charge is 2.23. The molecule has 0 saturated heterocycles. The number of sulfonamides is 1. The van der Waals surface area contributed by atoms with Crippen LogP contribution in [0.2, 0.25) is 0 Å². The summed E-state index contributed by atoms with van der Waals surface area (Å²) < 4.78 is 26.9. The van der Waals surface area contributed by atoms with Gasteiger partial charge in [-0.2, -0.15) is 0 Å². The van der Waals surface area contributed by atoms with Gasteiger partial charge in [0.1, 0.15) is 11.7 Å². The number of aromatic carboxylic acids is 1. The van der Waals surface area contributed by atoms with E-state index in [0.717, 1.165) is 11.6 Å². The summed E-state index contributed by atoms with van der Waals surface area (Å²) in [5, 5.41) is 25.6. The number of guanidine groups is 1. The normalized spacial score (nSPS) is 12.5. The fourth-order valence-corrected chi connectivity index (χ4v) is 3.96. The number of anilines is 1. The molecule has 13 nitrogen and oxygen atoms in total. The summed E-state index contributed by atoms with van der Waals surface area (Å²) in [6, 6.07) is 8.56. The van der Waals surface area contributed by atoms with Crippen LogP contribution in [0.3, 0.4) is 0 Å². The van der Waals surface area contributed by atoms with Crippen molar-refractivity contribution in [2.24, 2.45) is 10.7 Å². The van der Waals surface area contributed by atoms with E-state index in [1.54, 1.807) is 12.1 Å². The van der Waals surface area contributed by atoms with Gasteiger partial charge < -0.3 is 21.5 Å². The minimum Gasteiger partial charge on any atom is -0.478 e. The monoisotopic (exact) mass is 506 g/mol. The maximum Gasteiger partial charge on any atom is 0.335 e. The number of nitrogens with zero attached hydrogens (tertiary/aromatic N) is 2. The summed E-state index contributed by atoms with van der Waals surface area (Å²) in [6.07, 6.45) is 0.443. The lowest BCUT2D eigenvalue weighted by Gasteiger charge is -2.18. The SMILES string of the molecule is CNC(=O)[C@H](CCCN=C(N)NS(=O)(=O)c1ccc(C)cc1)Nc1ccc(C(=O)O)cc1[N+](=O)[O-]. The van der Waals surface area contributed by atoms with Gasteiger partial charge in [0.05, 0.1) is 15.4 Å². The second kappa shape index (κ2) is 11.8. The number of likely N-dealkylation sites (N-methyl/N-ethyl adjacent to an activating group) is 1. The molecule has 0 aliphatic carbocycles. The molecule has 188 valence electrons. The number of aryl methyl sites for hydroxylation is 1. The zero-order chi connectivity index (χ0) is 26.2. The number of rotatable bonds is 11. The summed E-state index contributed by atoms with van der Waals surface area (Å²) in [5.41, 5.74) is 5.80. The molecule has 0 aliphatic rings. The van der Waals surface area contributed by atoms with Crippen molar-refractivity contribution in [2.75, 3.05) is 18.9 Å². The van der Waals surface area contributed by atoms with Gasteiger partial charge in [-0.15, -0.1) is 0 Å². The quantitative estimate of drug-likeness (QED) is 0.0974. The number of carboxylic acids is 1. The highest BCUT2D eigenvalue weighted by molar-refractivity contribution is 7.90. The minimum absolute atomic E-state index is 0.0255. The van der Waals surface area contributed by atoms with Crippen LogP contribution in [-0.4, -0.2) is 55.9 Å². The molecule has 1 atom stereocenters. The third-order valence-corrected chi connectivity index (χ3v) is 6.21. The Labute approximate surface area is 201 Å². The molecule has 35 heavy (non-hydrogen) atoms. The van der Waals surface area contributed by atoms with Crippen molar-refractivity contribution < 1.29 is 28.0 Å². The third-order valence-electron chi connectivity index (χ3n) is 4.84. The Hall–Kier alpha value is -4.20. The number of aliphatic imine (C=N–C) groups is 1. The topological polar surface area (TPSA) is 206 Å². The number of nitro benzene ring substituents is 1. The van der Waals surface area contributed by atoms with Crippen LogP contribution in [0.25, 0.3) is 0 Å². The van der Waals surface area contributed by atoms with E-state index < -0.39 is 38.6 Å². The number of amides is 1. The number of carboxylic acid groups (broad SMARTS) is 1. The Kier molecular flexibility index (Phi) is 9.11. The molecule has 0 aliphatic heterocycles. The number of nitrogens with two attached hydrogens (primary N) is 1. The first kappa shape index (κ1) is 27.0. The highest BCUT2D eigenvalue weighted by atomic mass is 32.2. The first-order valence-electron chi connectivity index (χ1n) is 10.3. The molecule has 6 N–H and O–H groups in total. The Morgan fingerprint density at radius 3 is 2.43 bits per heavy atom. The predicted molar refractivity (Wildman–Crippen MR) is 129 cm³/mol. The molecule has 0 heterocycles. The molecular formula is C21H26N6O7S. The minimum atomic E-state index is -3.90. The van der Waals surface area contributed by atoms with Crippen LogP contribution in [0.1, 0.15) is 28.8 Å². The lowest BCUT2D eigenvalue weighted by molar-refractivity contribution is -0.384. The molecule has 0 bridgehead atoms. The highest BCUT2D eigenvalue weighted by Crippen LogP contribution is 2.27. The zero-order valence-corrected chi connectivity index (χ0v) is 19.8. The van der Waals surface area contributed by atoms with Gasteiger partial charge in [-0.25, -0.2) is 17.9 Å². The predicted octanol–water partition coefficient (Wildman–Crippen LogP) is 1.20. The molecule has 0 spiro atoms. The van der Waals surface area contributed by atoms with Crippen molar-refractivity contribution in [1.29, 1.82) is 0 Å². The zero-order valence-electron chi connectivity index (χ0n) is 19.0. The Balaban J connectivity index is 2.05. The van der Waals surface area contributed by atoms with E-state index in [0.29, 0.717) is 0 Å². The van der Waals surface area contributed by atoms with E-state index in [1.165, 1.54) is 31.3 Å². The largest absolute Gasteiger partial charge is 0.478 e. The molecular weight excluding hydrogens is 480 g/mol. The summed E-state index contributed by atoms with van der Waals surface area (Å²) >= 11 is 0. The van der Waals surface area contributed by atoms with Crippen molar-refractivity contribution in [1.82, 2.24) is 10.0 Å². The summed E-state index contributed by atoms with van der Waals surface area (Å²) in [6.45, 7) is 1.89. The van der Waals surface area contributed by atoms with Crippen LogP contribution in [0.4, 0.5) is 11.4 Å². The molecule has 14 heteroatoms. The standard InChI is InChI=1S/C21H26N6O7S/c1-13-5-8-15(9-6-13)35(33,34)26-21(22)24-11-3-4-17(19(28)23-2)25-16-10-7-14(20(29)30)12-18(16)27(31)32/h5-10,12,17,25H,3-4,11H2,1-2H3,(H,23,28)(H,29,30)(H3,22,24,26)/t17-/m0/s1. The van der Waals surface area contributed by atoms with E-state index >= 15 is 0 Å². The molecule has 0 aromatic heterocycles. The Morgan fingerprint density at radius 1 is 1.20 bits per heavy atom. The molecule has 2 aromatic carbocycles. The fourth-order valence-electron chi connectivity index (χ4n) is 3.01. The van der Waals surface area contributed by atoms with Gasteiger partial charge in [0.25, 0.3) is 15.7 Å². The molecule has 2 aromatic rings. The van der Waals surface area contributed by atoms with Gasteiger partial charge >= 0.3 is 5.97 Å². The number of nitro groups is 1. The second-order valence-electron chi connectivity index (χ2n) is 7.43. The maximum absolute atomic E-state index is 12.4. The van der Waals surface area contributed by atoms with Gasteiger partial charge in [0, 0.05) is 19.7 Å². The summed E-state index contributed by atoms with van der Waals surface area (Å²) in [5.74, 6) is -2.11. The van der Waals surface area contributed by atoms with Crippen LogP contribution in [0.5, 0.6) is 0 Å². The Morgan fingerprint density at radius 2 is 1.86 bits per heavy atom. The lowest BCUT2D eigenvalue weighted by atomic mass is 10.1. The molecule has 2 rings (SSSR count). The first-order chi connectivity index (χ1) is 16.4. The van der Waals surface area contributed by atoms with Crippen molar-refractivity contribution in [3.63, 3.8) is 0 Å². The number of hydrogen-bond acceptors (Lipinski definition) is 8. The molecule has 0 radical (unpaired) electrons. The van der Waals surface area contributed by atoms with E-state index in [9.17, 15) is 28.1 Å². The van der Waals surface area contributed by atoms with Crippen molar-refractivity contribution in [2.45, 2.75) is 30.7 Å². The molecule has 1 amide bonds. The number of hydrogen-bond donors (Lipinski definition) is 5. The number of carbonyl (C=O) groups excluding carboxylic acids is 1. The van der Waals surface area contributed by atoms with E-state index in [4.69, 9.17) is 10.8 Å². The second-order valence-corrected chi connectivity index (χ2v) is 9.12. The lowest BCUT2D eigenvalue weighted by Crippen LogP contribution is -2.38. The van der Waals surface area contributed by atoms with E-state index in [-0.39, 0.29) is 41.5 Å². The van der Waals surface area contributed by atoms with E-state index in [1.807, 2.05) is 6.92 Å². The number of benzene rings is 2. The molecule has 0 fully saturated rings. The van der Waals surface area contributed by atoms with Crippen LogP contribution in [0.15, 0.2) is 52.4 Å². The third kappa shape index (κ3) is 7.67. The molecule has 0 saturated carbocycles. The summed E-state index contributed by atoms with van der Waals surface area (Å²) in [4.78, 5) is 38.0. The van der Waals surface area contributed by atoms with Crippen LogP contribution >= 0.6 is 0 Å². The van der Waals surface area contributed by atoms with Gasteiger partial charge in [0.15, 0.2) is 0 Å². The van der Waals surface area contributed by atoms with Crippen molar-refractivity contribution >= 4 is 39.2 Å². The smallest absolute Gasteiger partial charge is 0.335 e. The average molecular weight is 507 g/mol. The average Bonchev–Trinajstić information content (AvgIpc) is 2.80. The molecule has 0 unspecified atom stereocenters. The number of nitrogens with one attached hydrogen (secondary N) is 3. The van der Waals surface area contributed by atoms with Gasteiger partial charge in [-0.3, -0.25) is 19.9 Å². The Bertz CT molecular complexity index is 1230. The fraction of sp³-hybridized carbons (Fsp3) is 0.286. The van der Waals surface area contributed by atoms with Crippen molar-refractivity contribution in [3.05, 3.63) is 63.7 Å². The first-order valence-corrected chi connectivity index (χ1v) is 11.8. The van der Waals surface area contributed by atoms with E-state index in [2.05, 4.69) is 20.3 Å². The van der Waals surface area contributed by atoms with Gasteiger partial charge in [0.2, 0.25) is 11.9 Å². The van der Waals surface area contributed by atoms with Crippen LogP contribution < -0.4 is 21.1 Å². The van der Waals surface area contributed by atoms with Gasteiger partial charge in [-0.1, -0.05) is 17.7 Å². The van der Waals surface area contributed by atoms with Crippen molar-refractivity contribution in [3.8, 4) is 0 Å².